The number of carbonyl (C=O) groups excluding carboxylic acids is 3. The van der Waals surface area contributed by atoms with Crippen LogP contribution in [-0.4, -0.2) is 68.4 Å². The van der Waals surface area contributed by atoms with E-state index in [1.165, 1.54) is 19.1 Å². The molecule has 6 N–H and O–H groups in total. The predicted octanol–water partition coefficient (Wildman–Crippen LogP) is 0.632. The standard InChI is InChI=1S/C25H25NO9/c1-10(27)25(26)7-13-18(16(8-25)35-17-6-14(28)15(29)9-34-17)24(33)20-19(23(13)32)21(30)11-4-2-3-5-12(11)22(20)31/h2-5,14-17,28-29,32-33H,6-9,26H2,1H3/t14-,15-,16?,17+,25+/m0/s1. The molecule has 1 saturated heterocycles. The number of phenols is 2. The fourth-order valence-corrected chi connectivity index (χ4v) is 5.13. The van der Waals surface area contributed by atoms with Crippen LogP contribution in [0.25, 0.3) is 0 Å². The Bertz CT molecular complexity index is 1270. The van der Waals surface area contributed by atoms with Crippen molar-refractivity contribution < 1.29 is 44.3 Å². The number of phenolic OH excluding ortho intramolecular Hbond substituents is 2. The fraction of sp³-hybridized carbons (Fsp3) is 0.400. The van der Waals surface area contributed by atoms with Crippen molar-refractivity contribution in [2.24, 2.45) is 5.73 Å². The van der Waals surface area contributed by atoms with E-state index in [0.29, 0.717) is 0 Å². The summed E-state index contributed by atoms with van der Waals surface area (Å²) < 4.78 is 11.4. The van der Waals surface area contributed by atoms with Gasteiger partial charge in [-0.3, -0.25) is 14.4 Å². The number of rotatable bonds is 3. The van der Waals surface area contributed by atoms with Crippen LogP contribution in [0.3, 0.4) is 0 Å². The Labute approximate surface area is 199 Å². The third kappa shape index (κ3) is 3.57. The molecule has 1 fully saturated rings. The number of hydrogen-bond acceptors (Lipinski definition) is 10. The van der Waals surface area contributed by atoms with Gasteiger partial charge >= 0.3 is 0 Å². The van der Waals surface area contributed by atoms with Crippen LogP contribution >= 0.6 is 0 Å². The van der Waals surface area contributed by atoms with E-state index in [2.05, 4.69) is 0 Å². The van der Waals surface area contributed by atoms with Crippen LogP contribution in [0, 0.1) is 0 Å². The summed E-state index contributed by atoms with van der Waals surface area (Å²) >= 11 is 0. The zero-order valence-corrected chi connectivity index (χ0v) is 18.9. The molecule has 0 spiro atoms. The van der Waals surface area contributed by atoms with Crippen molar-refractivity contribution in [3.05, 3.63) is 57.6 Å². The average Bonchev–Trinajstić information content (AvgIpc) is 2.82. The zero-order chi connectivity index (χ0) is 25.2. The molecule has 0 saturated carbocycles. The molecular weight excluding hydrogens is 458 g/mol. The maximum Gasteiger partial charge on any atom is 0.198 e. The molecule has 0 radical (unpaired) electrons. The summed E-state index contributed by atoms with van der Waals surface area (Å²) in [7, 11) is 0. The molecule has 5 rings (SSSR count). The van der Waals surface area contributed by atoms with Gasteiger partial charge < -0.3 is 35.6 Å². The van der Waals surface area contributed by atoms with E-state index in [-0.39, 0.29) is 59.3 Å². The topological polar surface area (TPSA) is 177 Å². The first-order valence-corrected chi connectivity index (χ1v) is 11.3. The van der Waals surface area contributed by atoms with E-state index in [1.54, 1.807) is 12.1 Å². The van der Waals surface area contributed by atoms with E-state index >= 15 is 0 Å². The van der Waals surface area contributed by atoms with Gasteiger partial charge in [0.2, 0.25) is 0 Å². The Morgan fingerprint density at radius 1 is 1.06 bits per heavy atom. The van der Waals surface area contributed by atoms with E-state index in [0.717, 1.165) is 0 Å². The summed E-state index contributed by atoms with van der Waals surface area (Å²) in [5.41, 5.74) is 4.47. The van der Waals surface area contributed by atoms with Crippen LogP contribution in [0.2, 0.25) is 0 Å². The Kier molecular flexibility index (Phi) is 5.53. The minimum absolute atomic E-state index is 0.0344. The zero-order valence-electron chi connectivity index (χ0n) is 18.9. The van der Waals surface area contributed by atoms with Gasteiger partial charge in [-0.2, -0.15) is 0 Å². The highest BCUT2D eigenvalue weighted by Crippen LogP contribution is 2.51. The third-order valence-electron chi connectivity index (χ3n) is 7.17. The molecule has 10 heteroatoms. The second-order valence-electron chi connectivity index (χ2n) is 9.39. The summed E-state index contributed by atoms with van der Waals surface area (Å²) in [6, 6.07) is 6.10. The van der Waals surface area contributed by atoms with Crippen LogP contribution in [0.4, 0.5) is 0 Å². The SMILES string of the molecule is CC(=O)[C@@]1(N)Cc2c(O)c3c(c(O)c2C(O[C@@H]2C[C@H](O)[C@@H](O)CO2)C1)C(=O)c1ccccc1C3=O. The lowest BCUT2D eigenvalue weighted by Gasteiger charge is -2.41. The first-order chi connectivity index (χ1) is 16.5. The molecule has 1 unspecified atom stereocenters. The Morgan fingerprint density at radius 3 is 2.23 bits per heavy atom. The largest absolute Gasteiger partial charge is 0.507 e. The molecule has 35 heavy (non-hydrogen) atoms. The summed E-state index contributed by atoms with van der Waals surface area (Å²) in [4.78, 5) is 39.0. The van der Waals surface area contributed by atoms with Gasteiger partial charge in [-0.05, 0) is 6.92 Å². The lowest BCUT2D eigenvalue weighted by molar-refractivity contribution is -0.238. The summed E-state index contributed by atoms with van der Waals surface area (Å²) in [6.45, 7) is 1.09. The first kappa shape index (κ1) is 23.6. The predicted molar refractivity (Wildman–Crippen MR) is 119 cm³/mol. The summed E-state index contributed by atoms with van der Waals surface area (Å²) in [5, 5.41) is 42.3. The van der Waals surface area contributed by atoms with Gasteiger partial charge in [0.05, 0.1) is 35.5 Å². The monoisotopic (exact) mass is 483 g/mol. The molecule has 3 aliphatic rings. The van der Waals surface area contributed by atoms with Crippen LogP contribution in [0.15, 0.2) is 24.3 Å². The number of ketones is 3. The number of fused-ring (bicyclic) bond motifs is 3. The normalized spacial score (nSPS) is 29.8. The second kappa shape index (κ2) is 8.21. The molecule has 0 bridgehead atoms. The number of nitrogens with two attached hydrogens (primary N) is 1. The molecule has 1 heterocycles. The van der Waals surface area contributed by atoms with Gasteiger partial charge in [0.1, 0.15) is 23.4 Å². The van der Waals surface area contributed by atoms with Crippen LogP contribution in [0.5, 0.6) is 11.5 Å². The van der Waals surface area contributed by atoms with Gasteiger partial charge in [0.25, 0.3) is 0 Å². The number of hydrogen-bond donors (Lipinski definition) is 5. The minimum atomic E-state index is -1.50. The Hall–Kier alpha value is -3.15. The Morgan fingerprint density at radius 2 is 1.66 bits per heavy atom. The maximum absolute atomic E-state index is 13.3. The number of ether oxygens (including phenoxy) is 2. The van der Waals surface area contributed by atoms with Crippen LogP contribution in [0.1, 0.15) is 68.8 Å². The highest BCUT2D eigenvalue weighted by atomic mass is 16.7. The highest BCUT2D eigenvalue weighted by molar-refractivity contribution is 6.30. The van der Waals surface area contributed by atoms with E-state index < -0.39 is 59.0 Å². The highest BCUT2D eigenvalue weighted by Gasteiger charge is 2.48. The maximum atomic E-state index is 13.3. The van der Waals surface area contributed by atoms with E-state index in [1.807, 2.05) is 0 Å². The minimum Gasteiger partial charge on any atom is -0.507 e. The van der Waals surface area contributed by atoms with Crippen molar-refractivity contribution in [2.75, 3.05) is 6.61 Å². The number of benzene rings is 2. The van der Waals surface area contributed by atoms with Crippen LogP contribution in [-0.2, 0) is 20.7 Å². The van der Waals surface area contributed by atoms with Crippen molar-refractivity contribution in [2.45, 2.75) is 56.3 Å². The molecule has 1 aliphatic heterocycles. The summed E-state index contributed by atoms with van der Waals surface area (Å²) in [5.74, 6) is -2.74. The first-order valence-electron chi connectivity index (χ1n) is 11.3. The molecule has 184 valence electrons. The third-order valence-corrected chi connectivity index (χ3v) is 7.17. The van der Waals surface area contributed by atoms with Crippen molar-refractivity contribution in [3.8, 4) is 11.5 Å². The lowest BCUT2D eigenvalue weighted by atomic mass is 9.71. The number of carbonyl (C=O) groups is 3. The van der Waals surface area contributed by atoms with Crippen molar-refractivity contribution in [1.29, 1.82) is 0 Å². The van der Waals surface area contributed by atoms with Crippen LogP contribution < -0.4 is 5.73 Å². The lowest BCUT2D eigenvalue weighted by Crippen LogP contribution is -2.53. The molecule has 0 amide bonds. The molecule has 2 aliphatic carbocycles. The smallest absolute Gasteiger partial charge is 0.198 e. The number of aliphatic hydroxyl groups excluding tert-OH is 2. The number of Topliss-reactive ketones (excluding diaryl/α,β-unsaturated/α-hetero) is 1. The van der Waals surface area contributed by atoms with E-state index in [4.69, 9.17) is 15.2 Å². The van der Waals surface area contributed by atoms with Crippen molar-refractivity contribution >= 4 is 17.3 Å². The van der Waals surface area contributed by atoms with Gasteiger partial charge in [-0.25, -0.2) is 0 Å². The molecule has 0 aromatic heterocycles. The molecular formula is C25H25NO9. The molecule has 10 nitrogen and oxygen atoms in total. The molecule has 5 atom stereocenters. The second-order valence-corrected chi connectivity index (χ2v) is 9.39. The van der Waals surface area contributed by atoms with E-state index in [9.17, 15) is 34.8 Å². The number of aliphatic hydroxyl groups is 2. The quantitative estimate of drug-likeness (QED) is 0.332. The summed E-state index contributed by atoms with van der Waals surface area (Å²) in [6.07, 6.45) is -4.74. The number of aromatic hydroxyl groups is 2. The van der Waals surface area contributed by atoms with Gasteiger partial charge in [0, 0.05) is 41.5 Å². The van der Waals surface area contributed by atoms with Gasteiger partial charge in [-0.1, -0.05) is 24.3 Å². The Balaban J connectivity index is 1.67. The average molecular weight is 483 g/mol. The van der Waals surface area contributed by atoms with Gasteiger partial charge in [-0.15, -0.1) is 0 Å². The van der Waals surface area contributed by atoms with Crippen molar-refractivity contribution in [1.82, 2.24) is 0 Å². The fourth-order valence-electron chi connectivity index (χ4n) is 5.13. The molecule has 2 aromatic carbocycles. The van der Waals surface area contributed by atoms with Crippen molar-refractivity contribution in [3.63, 3.8) is 0 Å². The van der Waals surface area contributed by atoms with Gasteiger partial charge in [0.15, 0.2) is 17.9 Å². The molecule has 2 aromatic rings.